The molecule has 1 heterocycles. The molecule has 96 valence electrons. The standard InChI is InChI=1S/C16H13BrO2/c1-10-2-4-14(17)13(8-10)16(18)12-3-5-15-11(9-12)6-7-19-15/h2-5,8-9H,6-7H2,1H3. The Labute approximate surface area is 120 Å². The van der Waals surface area contributed by atoms with Crippen LogP contribution < -0.4 is 4.74 Å². The van der Waals surface area contributed by atoms with E-state index < -0.39 is 0 Å². The molecule has 0 saturated heterocycles. The predicted molar refractivity (Wildman–Crippen MR) is 78.0 cm³/mol. The number of benzene rings is 2. The van der Waals surface area contributed by atoms with Crippen LogP contribution in [0.4, 0.5) is 0 Å². The summed E-state index contributed by atoms with van der Waals surface area (Å²) in [4.78, 5) is 12.5. The molecular weight excluding hydrogens is 304 g/mol. The fourth-order valence-corrected chi connectivity index (χ4v) is 2.72. The molecule has 2 aromatic rings. The molecule has 0 aromatic heterocycles. The SMILES string of the molecule is Cc1ccc(Br)c(C(=O)c2ccc3c(c2)CCO3)c1. The van der Waals surface area contributed by atoms with Crippen molar-refractivity contribution in [1.82, 2.24) is 0 Å². The second-order valence-corrected chi connectivity index (χ2v) is 5.59. The van der Waals surface area contributed by atoms with Crippen LogP contribution in [0.1, 0.15) is 27.0 Å². The summed E-state index contributed by atoms with van der Waals surface area (Å²) >= 11 is 3.45. The van der Waals surface area contributed by atoms with Crippen LogP contribution in [0.25, 0.3) is 0 Å². The van der Waals surface area contributed by atoms with Crippen molar-refractivity contribution in [2.45, 2.75) is 13.3 Å². The molecule has 0 amide bonds. The lowest BCUT2D eigenvalue weighted by molar-refractivity contribution is 0.103. The Hall–Kier alpha value is -1.61. The summed E-state index contributed by atoms with van der Waals surface area (Å²) in [6.07, 6.45) is 0.880. The van der Waals surface area contributed by atoms with E-state index in [1.165, 1.54) is 0 Å². The number of hydrogen-bond donors (Lipinski definition) is 0. The predicted octanol–water partition coefficient (Wildman–Crippen LogP) is 3.92. The lowest BCUT2D eigenvalue weighted by Gasteiger charge is -2.06. The highest BCUT2D eigenvalue weighted by atomic mass is 79.9. The van der Waals surface area contributed by atoms with Gasteiger partial charge in [-0.15, -0.1) is 0 Å². The van der Waals surface area contributed by atoms with Crippen molar-refractivity contribution in [3.05, 3.63) is 63.1 Å². The zero-order valence-corrected chi connectivity index (χ0v) is 12.2. The molecular formula is C16H13BrO2. The van der Waals surface area contributed by atoms with Crippen molar-refractivity contribution in [1.29, 1.82) is 0 Å². The van der Waals surface area contributed by atoms with Gasteiger partial charge in [0.05, 0.1) is 6.61 Å². The number of carbonyl (C=O) groups is 1. The van der Waals surface area contributed by atoms with Gasteiger partial charge in [0, 0.05) is 22.0 Å². The van der Waals surface area contributed by atoms with Crippen LogP contribution in [0.2, 0.25) is 0 Å². The third kappa shape index (κ3) is 2.30. The van der Waals surface area contributed by atoms with E-state index in [9.17, 15) is 4.79 Å². The zero-order chi connectivity index (χ0) is 13.4. The van der Waals surface area contributed by atoms with Crippen LogP contribution in [0.3, 0.4) is 0 Å². The minimum absolute atomic E-state index is 0.0466. The third-order valence-electron chi connectivity index (χ3n) is 3.32. The van der Waals surface area contributed by atoms with Gasteiger partial charge in [-0.2, -0.15) is 0 Å². The molecule has 19 heavy (non-hydrogen) atoms. The van der Waals surface area contributed by atoms with Gasteiger partial charge in [-0.3, -0.25) is 4.79 Å². The van der Waals surface area contributed by atoms with Gasteiger partial charge >= 0.3 is 0 Å². The molecule has 3 rings (SSSR count). The summed E-state index contributed by atoms with van der Waals surface area (Å²) in [6, 6.07) is 11.5. The van der Waals surface area contributed by atoms with Gasteiger partial charge in [0.25, 0.3) is 0 Å². The quantitative estimate of drug-likeness (QED) is 0.785. The first kappa shape index (κ1) is 12.4. The van der Waals surface area contributed by atoms with E-state index in [1.807, 2.05) is 43.3 Å². The van der Waals surface area contributed by atoms with E-state index in [0.29, 0.717) is 12.2 Å². The average molecular weight is 317 g/mol. The van der Waals surface area contributed by atoms with Gasteiger partial charge in [0.2, 0.25) is 0 Å². The molecule has 0 aliphatic carbocycles. The molecule has 2 aromatic carbocycles. The molecule has 0 N–H and O–H groups in total. The van der Waals surface area contributed by atoms with Crippen LogP contribution in [0.5, 0.6) is 5.75 Å². The van der Waals surface area contributed by atoms with Gasteiger partial charge in [-0.1, -0.05) is 27.6 Å². The van der Waals surface area contributed by atoms with Gasteiger partial charge in [0.1, 0.15) is 5.75 Å². The summed E-state index contributed by atoms with van der Waals surface area (Å²) in [7, 11) is 0. The van der Waals surface area contributed by atoms with E-state index in [-0.39, 0.29) is 5.78 Å². The number of ketones is 1. The normalized spacial score (nSPS) is 12.9. The number of fused-ring (bicyclic) bond motifs is 1. The van der Waals surface area contributed by atoms with Crippen molar-refractivity contribution in [2.75, 3.05) is 6.61 Å². The van der Waals surface area contributed by atoms with Crippen molar-refractivity contribution >= 4 is 21.7 Å². The molecule has 0 atom stereocenters. The fourth-order valence-electron chi connectivity index (χ4n) is 2.30. The van der Waals surface area contributed by atoms with Crippen molar-refractivity contribution in [2.24, 2.45) is 0 Å². The lowest BCUT2D eigenvalue weighted by atomic mass is 9.99. The van der Waals surface area contributed by atoms with Gasteiger partial charge in [-0.05, 0) is 42.8 Å². The highest BCUT2D eigenvalue weighted by Gasteiger charge is 2.17. The van der Waals surface area contributed by atoms with E-state index >= 15 is 0 Å². The maximum Gasteiger partial charge on any atom is 0.194 e. The Kier molecular flexibility index (Phi) is 3.15. The minimum Gasteiger partial charge on any atom is -0.493 e. The summed E-state index contributed by atoms with van der Waals surface area (Å²) < 4.78 is 6.29. The average Bonchev–Trinajstić information content (AvgIpc) is 2.88. The second kappa shape index (κ2) is 4.82. The first-order chi connectivity index (χ1) is 9.15. The number of hydrogen-bond acceptors (Lipinski definition) is 2. The topological polar surface area (TPSA) is 26.3 Å². The van der Waals surface area contributed by atoms with Gasteiger partial charge in [-0.25, -0.2) is 0 Å². The maximum atomic E-state index is 12.5. The van der Waals surface area contributed by atoms with Crippen molar-refractivity contribution in [3.63, 3.8) is 0 Å². The second-order valence-electron chi connectivity index (χ2n) is 4.73. The third-order valence-corrected chi connectivity index (χ3v) is 4.01. The summed E-state index contributed by atoms with van der Waals surface area (Å²) in [5, 5.41) is 0. The number of aryl methyl sites for hydroxylation is 1. The van der Waals surface area contributed by atoms with Gasteiger partial charge in [0.15, 0.2) is 5.78 Å². The van der Waals surface area contributed by atoms with Gasteiger partial charge < -0.3 is 4.74 Å². The molecule has 0 bridgehead atoms. The van der Waals surface area contributed by atoms with Crippen LogP contribution in [0, 0.1) is 6.92 Å². The zero-order valence-electron chi connectivity index (χ0n) is 10.6. The first-order valence-corrected chi connectivity index (χ1v) is 7.01. The van der Waals surface area contributed by atoms with Crippen molar-refractivity contribution < 1.29 is 9.53 Å². The molecule has 0 fully saturated rings. The number of halogens is 1. The van der Waals surface area contributed by atoms with E-state index in [1.54, 1.807) is 0 Å². The summed E-state index contributed by atoms with van der Waals surface area (Å²) in [6.45, 7) is 2.70. The van der Waals surface area contributed by atoms with Crippen LogP contribution >= 0.6 is 15.9 Å². The molecule has 2 nitrogen and oxygen atoms in total. The van der Waals surface area contributed by atoms with E-state index in [0.717, 1.165) is 33.3 Å². The highest BCUT2D eigenvalue weighted by molar-refractivity contribution is 9.10. The largest absolute Gasteiger partial charge is 0.493 e. The van der Waals surface area contributed by atoms with Crippen LogP contribution in [-0.2, 0) is 6.42 Å². The Morgan fingerprint density at radius 2 is 2.05 bits per heavy atom. The Bertz CT molecular complexity index is 662. The monoisotopic (exact) mass is 316 g/mol. The summed E-state index contributed by atoms with van der Waals surface area (Å²) in [5.74, 6) is 0.949. The Balaban J connectivity index is 2.02. The van der Waals surface area contributed by atoms with Crippen molar-refractivity contribution in [3.8, 4) is 5.75 Å². The molecule has 0 unspecified atom stereocenters. The molecule has 1 aliphatic rings. The minimum atomic E-state index is 0.0466. The number of rotatable bonds is 2. The van der Waals surface area contributed by atoms with Crippen LogP contribution in [0.15, 0.2) is 40.9 Å². The molecule has 0 saturated carbocycles. The Morgan fingerprint density at radius 1 is 1.21 bits per heavy atom. The highest BCUT2D eigenvalue weighted by Crippen LogP contribution is 2.28. The van der Waals surface area contributed by atoms with Crippen LogP contribution in [-0.4, -0.2) is 12.4 Å². The summed E-state index contributed by atoms with van der Waals surface area (Å²) in [5.41, 5.74) is 3.63. The maximum absolute atomic E-state index is 12.5. The number of carbonyl (C=O) groups excluding carboxylic acids is 1. The molecule has 0 spiro atoms. The number of ether oxygens (including phenoxy) is 1. The first-order valence-electron chi connectivity index (χ1n) is 6.22. The van der Waals surface area contributed by atoms with E-state index in [4.69, 9.17) is 4.74 Å². The smallest absolute Gasteiger partial charge is 0.194 e. The molecule has 3 heteroatoms. The molecule has 1 aliphatic heterocycles. The lowest BCUT2D eigenvalue weighted by Crippen LogP contribution is -2.03. The Morgan fingerprint density at radius 3 is 2.89 bits per heavy atom. The van der Waals surface area contributed by atoms with E-state index in [2.05, 4.69) is 15.9 Å². The molecule has 0 radical (unpaired) electrons. The fraction of sp³-hybridized carbons (Fsp3) is 0.188.